The molecule has 0 heterocycles. The second-order valence-corrected chi connectivity index (χ2v) is 4.39. The number of halogens is 1. The van der Waals surface area contributed by atoms with Crippen LogP contribution in [0.2, 0.25) is 0 Å². The largest absolute Gasteiger partial charge is 1.00 e. The number of rotatable bonds is 4. The zero-order valence-electron chi connectivity index (χ0n) is 7.96. The first kappa shape index (κ1) is 14.9. The molecule has 0 aliphatic rings. The average molecular weight is 258 g/mol. The highest BCUT2D eigenvalue weighted by Gasteiger charge is 2.06. The number of carbonyl (C=O) groups excluding carboxylic acids is 1. The number of nitrogens with zero attached hydrogens (tertiary/aromatic N) is 1. The Hall–Kier alpha value is 0.420. The van der Waals surface area contributed by atoms with E-state index in [1.807, 2.05) is 0 Å². The predicted molar refractivity (Wildman–Crippen MR) is 47.1 cm³/mol. The molecule has 0 saturated carbocycles. The molecule has 3 nitrogen and oxygen atoms in total. The Kier molecular flexibility index (Phi) is 8.56. The van der Waals surface area contributed by atoms with Crippen LogP contribution >= 0.6 is 12.0 Å². The van der Waals surface area contributed by atoms with Crippen molar-refractivity contribution in [2.24, 2.45) is 0 Å². The summed E-state index contributed by atoms with van der Waals surface area (Å²) >= 11 is 0.923. The molecule has 0 unspecified atom stereocenters. The van der Waals surface area contributed by atoms with Gasteiger partial charge in [-0.3, -0.25) is 4.79 Å². The molecule has 0 spiro atoms. The van der Waals surface area contributed by atoms with E-state index in [4.69, 9.17) is 4.18 Å². The quantitative estimate of drug-likeness (QED) is 0.328. The monoisotopic (exact) mass is 257 g/mol. The zero-order valence-corrected chi connectivity index (χ0v) is 10.4. The maximum atomic E-state index is 10.4. The second-order valence-electron chi connectivity index (χ2n) is 3.41. The summed E-state index contributed by atoms with van der Waals surface area (Å²) in [5.41, 5.74) is 0. The molecule has 0 amide bonds. The fraction of sp³-hybridized carbons (Fsp3) is 0.857. The Balaban J connectivity index is 0. The van der Waals surface area contributed by atoms with Crippen molar-refractivity contribution >= 4 is 17.2 Å². The molecule has 0 fully saturated rings. The van der Waals surface area contributed by atoms with Crippen LogP contribution in [0.5, 0.6) is 0 Å². The first-order valence-corrected chi connectivity index (χ1v) is 4.26. The van der Waals surface area contributed by atoms with E-state index in [0.29, 0.717) is 6.61 Å². The first-order valence-electron chi connectivity index (χ1n) is 3.52. The van der Waals surface area contributed by atoms with E-state index >= 15 is 0 Å². The molecule has 74 valence electrons. The molecule has 5 heteroatoms. The minimum absolute atomic E-state index is 0. The molecule has 12 heavy (non-hydrogen) atoms. The number of carbonyl (C=O) groups is 1. The Bertz CT molecular complexity index is 136. The van der Waals surface area contributed by atoms with Gasteiger partial charge in [0, 0.05) is 6.92 Å². The summed E-state index contributed by atoms with van der Waals surface area (Å²) in [5, 5.41) is 0.00593. The molecule has 0 aromatic rings. The lowest BCUT2D eigenvalue weighted by Crippen LogP contribution is -3.00. The van der Waals surface area contributed by atoms with Gasteiger partial charge in [0.1, 0.15) is 13.2 Å². The van der Waals surface area contributed by atoms with Gasteiger partial charge in [-0.1, -0.05) is 0 Å². The summed E-state index contributed by atoms with van der Waals surface area (Å²) < 4.78 is 5.88. The lowest BCUT2D eigenvalue weighted by Gasteiger charge is -2.22. The lowest BCUT2D eigenvalue weighted by molar-refractivity contribution is -0.870. The molecule has 0 aliphatic heterocycles. The number of hydrogen-bond acceptors (Lipinski definition) is 3. The minimum Gasteiger partial charge on any atom is -1.00 e. The van der Waals surface area contributed by atoms with E-state index in [2.05, 4.69) is 21.1 Å². The maximum Gasteiger partial charge on any atom is 0.212 e. The highest BCUT2D eigenvalue weighted by atomic mass is 79.9. The molecule has 0 aromatic carbocycles. The van der Waals surface area contributed by atoms with E-state index in [1.54, 1.807) is 0 Å². The Morgan fingerprint density at radius 1 is 1.42 bits per heavy atom. The number of likely N-dealkylation sites (N-methyl/N-ethyl adjacent to an activating group) is 1. The third-order valence-electron chi connectivity index (χ3n) is 1.02. The standard InChI is InChI=1S/C7H16NO2S.BrH/c1-7(9)11-10-6-5-8(2,3)4;/h5-6H2,1-4H3;1H/q+1;/p-1. The van der Waals surface area contributed by atoms with Crippen LogP contribution < -0.4 is 17.0 Å². The summed E-state index contributed by atoms with van der Waals surface area (Å²) in [6, 6.07) is 0. The van der Waals surface area contributed by atoms with E-state index in [-0.39, 0.29) is 22.1 Å². The van der Waals surface area contributed by atoms with Gasteiger partial charge < -0.3 is 25.6 Å². The van der Waals surface area contributed by atoms with Crippen LogP contribution in [-0.4, -0.2) is 43.9 Å². The molecule has 0 aromatic heterocycles. The zero-order chi connectivity index (χ0) is 8.91. The van der Waals surface area contributed by atoms with Crippen LogP contribution in [0, 0.1) is 0 Å². The topological polar surface area (TPSA) is 26.3 Å². The normalized spacial score (nSPS) is 10.7. The Morgan fingerprint density at radius 2 is 1.92 bits per heavy atom. The SMILES string of the molecule is CC(=O)SOCC[N+](C)(C)C.[Br-]. The van der Waals surface area contributed by atoms with Gasteiger partial charge in [-0.25, -0.2) is 0 Å². The minimum atomic E-state index is 0. The van der Waals surface area contributed by atoms with Crippen molar-refractivity contribution < 1.29 is 30.4 Å². The van der Waals surface area contributed by atoms with E-state index in [1.165, 1.54) is 6.92 Å². The second kappa shape index (κ2) is 6.88. The van der Waals surface area contributed by atoms with Gasteiger partial charge in [0.2, 0.25) is 5.12 Å². The molecule has 0 radical (unpaired) electrons. The van der Waals surface area contributed by atoms with Crippen molar-refractivity contribution in [3.8, 4) is 0 Å². The fourth-order valence-corrected chi connectivity index (χ4v) is 0.760. The van der Waals surface area contributed by atoms with E-state index in [9.17, 15) is 4.79 Å². The van der Waals surface area contributed by atoms with Crippen LogP contribution in [0.25, 0.3) is 0 Å². The summed E-state index contributed by atoms with van der Waals surface area (Å²) in [6.07, 6.45) is 0. The van der Waals surface area contributed by atoms with Crippen LogP contribution in [0.15, 0.2) is 0 Å². The van der Waals surface area contributed by atoms with Crippen molar-refractivity contribution in [3.05, 3.63) is 0 Å². The van der Waals surface area contributed by atoms with Crippen LogP contribution in [0.4, 0.5) is 0 Å². The Labute approximate surface area is 89.0 Å². The predicted octanol–water partition coefficient (Wildman–Crippen LogP) is -2.09. The van der Waals surface area contributed by atoms with Crippen molar-refractivity contribution in [2.75, 3.05) is 34.3 Å². The summed E-state index contributed by atoms with van der Waals surface area (Å²) in [7, 11) is 6.26. The molecule has 0 rings (SSSR count). The van der Waals surface area contributed by atoms with Gasteiger partial charge in [-0.15, -0.1) is 0 Å². The average Bonchev–Trinajstić information content (AvgIpc) is 1.78. The molecule has 0 saturated heterocycles. The van der Waals surface area contributed by atoms with Crippen molar-refractivity contribution in [1.29, 1.82) is 0 Å². The molecular formula is C7H16BrNO2S. The van der Waals surface area contributed by atoms with Crippen molar-refractivity contribution in [1.82, 2.24) is 0 Å². The van der Waals surface area contributed by atoms with Crippen molar-refractivity contribution in [3.63, 3.8) is 0 Å². The molecule has 0 bridgehead atoms. The molecule has 0 atom stereocenters. The lowest BCUT2D eigenvalue weighted by atomic mass is 10.5. The van der Waals surface area contributed by atoms with Gasteiger partial charge in [0.25, 0.3) is 0 Å². The first-order chi connectivity index (χ1) is 4.92. The van der Waals surface area contributed by atoms with Gasteiger partial charge in [0.05, 0.1) is 33.2 Å². The van der Waals surface area contributed by atoms with E-state index in [0.717, 1.165) is 23.1 Å². The van der Waals surface area contributed by atoms with Crippen LogP contribution in [0.1, 0.15) is 6.92 Å². The van der Waals surface area contributed by atoms with Gasteiger partial charge in [-0.05, 0) is 0 Å². The fourth-order valence-electron chi connectivity index (χ4n) is 0.436. The van der Waals surface area contributed by atoms with Crippen molar-refractivity contribution in [2.45, 2.75) is 6.92 Å². The summed E-state index contributed by atoms with van der Waals surface area (Å²) in [6.45, 7) is 3.03. The van der Waals surface area contributed by atoms with Crippen LogP contribution in [-0.2, 0) is 8.98 Å². The Morgan fingerprint density at radius 3 is 2.25 bits per heavy atom. The maximum absolute atomic E-state index is 10.4. The highest BCUT2D eigenvalue weighted by Crippen LogP contribution is 2.03. The third-order valence-corrected chi connectivity index (χ3v) is 1.54. The molecule has 0 aliphatic carbocycles. The number of hydrogen-bond donors (Lipinski definition) is 0. The van der Waals surface area contributed by atoms with E-state index < -0.39 is 0 Å². The smallest absolute Gasteiger partial charge is 0.212 e. The summed E-state index contributed by atoms with van der Waals surface area (Å²) in [4.78, 5) is 10.4. The molecule has 0 N–H and O–H groups in total. The summed E-state index contributed by atoms with van der Waals surface area (Å²) in [5.74, 6) is 0. The van der Waals surface area contributed by atoms with Gasteiger partial charge in [0.15, 0.2) is 0 Å². The van der Waals surface area contributed by atoms with Crippen LogP contribution in [0.3, 0.4) is 0 Å². The number of quaternary nitrogens is 1. The van der Waals surface area contributed by atoms with Gasteiger partial charge >= 0.3 is 0 Å². The highest BCUT2D eigenvalue weighted by molar-refractivity contribution is 8.09. The third kappa shape index (κ3) is 13.0. The molecular weight excluding hydrogens is 242 g/mol. The van der Waals surface area contributed by atoms with Gasteiger partial charge in [-0.2, -0.15) is 0 Å².